The van der Waals surface area contributed by atoms with Crippen LogP contribution in [0.5, 0.6) is 5.75 Å². The fourth-order valence-corrected chi connectivity index (χ4v) is 3.65. The van der Waals surface area contributed by atoms with Crippen LogP contribution in [0.25, 0.3) is 0 Å². The Kier molecular flexibility index (Phi) is 3.81. The Labute approximate surface area is 120 Å². The number of ether oxygens (including phenoxy) is 1. The van der Waals surface area contributed by atoms with Crippen molar-refractivity contribution in [3.05, 3.63) is 12.4 Å². The first-order valence-corrected chi connectivity index (χ1v) is 7.97. The molecule has 1 spiro atoms. The molecule has 0 saturated heterocycles. The van der Waals surface area contributed by atoms with Gasteiger partial charge in [-0.05, 0) is 19.3 Å². The van der Waals surface area contributed by atoms with Crippen LogP contribution < -0.4 is 4.74 Å². The van der Waals surface area contributed by atoms with Gasteiger partial charge in [0.15, 0.2) is 5.75 Å². The second kappa shape index (κ2) is 5.58. The van der Waals surface area contributed by atoms with Crippen LogP contribution in [-0.2, 0) is 11.3 Å². The number of aromatic nitrogens is 2. The summed E-state index contributed by atoms with van der Waals surface area (Å²) in [4.78, 5) is 12.2. The second-order valence-electron chi connectivity index (χ2n) is 6.24. The standard InChI is InChI=1S/C16H24N2O2/c1-2-9-18-12-13(11-17-18)20-15-10-14(19)16(15)7-5-3-4-6-8-16/h11-12,15H,2-10H2,1H3. The molecule has 0 aliphatic heterocycles. The van der Waals surface area contributed by atoms with Crippen molar-refractivity contribution in [3.63, 3.8) is 0 Å². The molecule has 1 aromatic rings. The lowest BCUT2D eigenvalue weighted by Gasteiger charge is -2.46. The maximum absolute atomic E-state index is 12.2. The molecule has 1 atom stereocenters. The molecule has 2 aliphatic rings. The van der Waals surface area contributed by atoms with E-state index in [1.54, 1.807) is 6.20 Å². The van der Waals surface area contributed by atoms with Crippen LogP contribution in [0.1, 0.15) is 58.3 Å². The smallest absolute Gasteiger partial charge is 0.157 e. The molecule has 2 aliphatic carbocycles. The summed E-state index contributed by atoms with van der Waals surface area (Å²) in [5.41, 5.74) is -0.177. The van der Waals surface area contributed by atoms with E-state index in [1.165, 1.54) is 25.7 Å². The fourth-order valence-electron chi connectivity index (χ4n) is 3.65. The molecule has 0 N–H and O–H groups in total. The van der Waals surface area contributed by atoms with Gasteiger partial charge >= 0.3 is 0 Å². The van der Waals surface area contributed by atoms with Crippen LogP contribution in [0, 0.1) is 5.41 Å². The minimum Gasteiger partial charge on any atom is -0.486 e. The summed E-state index contributed by atoms with van der Waals surface area (Å²) in [5.74, 6) is 1.24. The molecule has 1 aromatic heterocycles. The molecule has 0 bridgehead atoms. The van der Waals surface area contributed by atoms with E-state index in [4.69, 9.17) is 4.74 Å². The van der Waals surface area contributed by atoms with Gasteiger partial charge in [0.25, 0.3) is 0 Å². The highest BCUT2D eigenvalue weighted by Crippen LogP contribution is 2.49. The van der Waals surface area contributed by atoms with Crippen LogP contribution in [0.4, 0.5) is 0 Å². The first kappa shape index (κ1) is 13.7. The zero-order chi connectivity index (χ0) is 14.0. The Bertz CT molecular complexity index is 473. The predicted molar refractivity (Wildman–Crippen MR) is 76.7 cm³/mol. The van der Waals surface area contributed by atoms with E-state index in [-0.39, 0.29) is 11.5 Å². The third kappa shape index (κ3) is 2.36. The molecule has 110 valence electrons. The third-order valence-electron chi connectivity index (χ3n) is 4.88. The predicted octanol–water partition coefficient (Wildman–Crippen LogP) is 3.35. The number of ketones is 1. The number of nitrogens with zero attached hydrogens (tertiary/aromatic N) is 2. The van der Waals surface area contributed by atoms with E-state index >= 15 is 0 Å². The van der Waals surface area contributed by atoms with E-state index in [0.29, 0.717) is 12.2 Å². The molecule has 4 nitrogen and oxygen atoms in total. The summed E-state index contributed by atoms with van der Waals surface area (Å²) in [5, 5.41) is 4.30. The van der Waals surface area contributed by atoms with Crippen molar-refractivity contribution in [2.24, 2.45) is 5.41 Å². The Balaban J connectivity index is 1.68. The number of hydrogen-bond acceptors (Lipinski definition) is 3. The first-order chi connectivity index (χ1) is 9.74. The summed E-state index contributed by atoms with van der Waals surface area (Å²) in [7, 11) is 0. The Hall–Kier alpha value is -1.32. The van der Waals surface area contributed by atoms with Crippen molar-refractivity contribution in [1.29, 1.82) is 0 Å². The van der Waals surface area contributed by atoms with Gasteiger partial charge in [-0.2, -0.15) is 5.10 Å². The Morgan fingerprint density at radius 1 is 1.35 bits per heavy atom. The molecular formula is C16H24N2O2. The molecular weight excluding hydrogens is 252 g/mol. The summed E-state index contributed by atoms with van der Waals surface area (Å²) < 4.78 is 8.00. The van der Waals surface area contributed by atoms with Gasteiger partial charge in [0, 0.05) is 13.0 Å². The van der Waals surface area contributed by atoms with Crippen molar-refractivity contribution < 1.29 is 9.53 Å². The van der Waals surface area contributed by atoms with Gasteiger partial charge in [0.2, 0.25) is 0 Å². The van der Waals surface area contributed by atoms with Gasteiger partial charge in [-0.15, -0.1) is 0 Å². The number of rotatable bonds is 4. The van der Waals surface area contributed by atoms with E-state index in [9.17, 15) is 4.79 Å². The maximum Gasteiger partial charge on any atom is 0.157 e. The fraction of sp³-hybridized carbons (Fsp3) is 0.750. The molecule has 3 rings (SSSR count). The minimum atomic E-state index is -0.177. The molecule has 0 radical (unpaired) electrons. The molecule has 2 fully saturated rings. The van der Waals surface area contributed by atoms with Gasteiger partial charge < -0.3 is 4.74 Å². The van der Waals surface area contributed by atoms with Gasteiger partial charge in [-0.25, -0.2) is 0 Å². The van der Waals surface area contributed by atoms with Crippen molar-refractivity contribution in [2.75, 3.05) is 0 Å². The highest BCUT2D eigenvalue weighted by Gasteiger charge is 2.55. The van der Waals surface area contributed by atoms with Crippen molar-refractivity contribution in [2.45, 2.75) is 70.9 Å². The largest absolute Gasteiger partial charge is 0.486 e. The normalized spacial score (nSPS) is 25.2. The molecule has 4 heteroatoms. The lowest BCUT2D eigenvalue weighted by atomic mass is 9.60. The van der Waals surface area contributed by atoms with E-state index in [1.807, 2.05) is 10.9 Å². The quantitative estimate of drug-likeness (QED) is 0.847. The Morgan fingerprint density at radius 3 is 2.75 bits per heavy atom. The molecule has 1 unspecified atom stereocenters. The van der Waals surface area contributed by atoms with Gasteiger partial charge in [-0.3, -0.25) is 9.48 Å². The molecule has 1 heterocycles. The van der Waals surface area contributed by atoms with Crippen LogP contribution in [0.15, 0.2) is 12.4 Å². The number of aryl methyl sites for hydroxylation is 1. The topological polar surface area (TPSA) is 44.1 Å². The van der Waals surface area contributed by atoms with Crippen LogP contribution in [0.2, 0.25) is 0 Å². The van der Waals surface area contributed by atoms with Crippen molar-refractivity contribution in [3.8, 4) is 5.75 Å². The van der Waals surface area contributed by atoms with Crippen LogP contribution in [0.3, 0.4) is 0 Å². The Morgan fingerprint density at radius 2 is 2.10 bits per heavy atom. The summed E-state index contributed by atoms with van der Waals surface area (Å²) >= 11 is 0. The third-order valence-corrected chi connectivity index (χ3v) is 4.88. The summed E-state index contributed by atoms with van der Waals surface area (Å²) in [6.45, 7) is 3.05. The maximum atomic E-state index is 12.2. The van der Waals surface area contributed by atoms with Crippen molar-refractivity contribution >= 4 is 5.78 Å². The minimum absolute atomic E-state index is 0.0763. The summed E-state index contributed by atoms with van der Waals surface area (Å²) in [6, 6.07) is 0. The monoisotopic (exact) mass is 276 g/mol. The van der Waals surface area contributed by atoms with E-state index in [0.717, 1.165) is 31.6 Å². The number of hydrogen-bond donors (Lipinski definition) is 0. The highest BCUT2D eigenvalue weighted by molar-refractivity contribution is 5.92. The molecule has 2 saturated carbocycles. The van der Waals surface area contributed by atoms with E-state index < -0.39 is 0 Å². The van der Waals surface area contributed by atoms with Gasteiger partial charge in [0.1, 0.15) is 11.9 Å². The zero-order valence-electron chi connectivity index (χ0n) is 12.3. The van der Waals surface area contributed by atoms with Crippen LogP contribution in [-0.4, -0.2) is 21.7 Å². The highest BCUT2D eigenvalue weighted by atomic mass is 16.5. The van der Waals surface area contributed by atoms with Crippen LogP contribution >= 0.6 is 0 Å². The zero-order valence-corrected chi connectivity index (χ0v) is 12.3. The lowest BCUT2D eigenvalue weighted by molar-refractivity contribution is -0.154. The van der Waals surface area contributed by atoms with E-state index in [2.05, 4.69) is 12.0 Å². The average molecular weight is 276 g/mol. The van der Waals surface area contributed by atoms with Gasteiger partial charge in [-0.1, -0.05) is 32.6 Å². The summed E-state index contributed by atoms with van der Waals surface area (Å²) in [6.07, 6.45) is 12.3. The molecule has 0 amide bonds. The number of carbonyl (C=O) groups is 1. The molecule has 20 heavy (non-hydrogen) atoms. The number of carbonyl (C=O) groups excluding carboxylic acids is 1. The SMILES string of the molecule is CCCn1cc(OC2CC(=O)C23CCCCCC3)cn1. The van der Waals surface area contributed by atoms with Gasteiger partial charge in [0.05, 0.1) is 17.8 Å². The number of Topliss-reactive ketones (excluding diaryl/α,β-unsaturated/α-hetero) is 1. The lowest BCUT2D eigenvalue weighted by Crippen LogP contribution is -2.56. The molecule has 0 aromatic carbocycles. The second-order valence-corrected chi connectivity index (χ2v) is 6.24. The first-order valence-electron chi connectivity index (χ1n) is 7.97. The average Bonchev–Trinajstić information content (AvgIpc) is 2.73. The van der Waals surface area contributed by atoms with Crippen molar-refractivity contribution in [1.82, 2.24) is 9.78 Å².